The third-order valence-corrected chi connectivity index (χ3v) is 5.09. The van der Waals surface area contributed by atoms with E-state index in [1.165, 1.54) is 0 Å². The third-order valence-electron chi connectivity index (χ3n) is 4.76. The number of aryl methyl sites for hydroxylation is 2. The molecule has 152 valence electrons. The number of nitrogens with zero attached hydrogens (tertiary/aromatic N) is 3. The summed E-state index contributed by atoms with van der Waals surface area (Å²) in [4.78, 5) is 12.5. The number of rotatable bonds is 6. The molecule has 2 aromatic heterocycles. The zero-order valence-corrected chi connectivity index (χ0v) is 17.5. The quantitative estimate of drug-likeness (QED) is 0.487. The summed E-state index contributed by atoms with van der Waals surface area (Å²) in [7, 11) is 0. The van der Waals surface area contributed by atoms with E-state index < -0.39 is 0 Å². The Morgan fingerprint density at radius 1 is 1.07 bits per heavy atom. The molecule has 0 saturated carbocycles. The first-order chi connectivity index (χ1) is 14.5. The molecule has 0 saturated heterocycles. The molecule has 0 radical (unpaired) electrons. The van der Waals surface area contributed by atoms with Gasteiger partial charge >= 0.3 is 0 Å². The van der Waals surface area contributed by atoms with Crippen molar-refractivity contribution in [1.82, 2.24) is 20.3 Å². The van der Waals surface area contributed by atoms with Gasteiger partial charge in [0.05, 0.1) is 17.3 Å². The fourth-order valence-corrected chi connectivity index (χ4v) is 3.53. The maximum atomic E-state index is 12.5. The van der Waals surface area contributed by atoms with Crippen LogP contribution in [0.25, 0.3) is 11.3 Å². The molecule has 6 nitrogen and oxygen atoms in total. The molecule has 1 amide bonds. The Morgan fingerprint density at radius 2 is 1.87 bits per heavy atom. The molecule has 0 bridgehead atoms. The van der Waals surface area contributed by atoms with Gasteiger partial charge in [0.2, 0.25) is 5.76 Å². The number of carbonyl (C=O) groups excluding carboxylic acids is 1. The Hall–Kier alpha value is -3.38. The molecular weight excluding hydrogens is 400 g/mol. The van der Waals surface area contributed by atoms with Crippen molar-refractivity contribution in [3.63, 3.8) is 0 Å². The van der Waals surface area contributed by atoms with Crippen molar-refractivity contribution in [2.24, 2.45) is 0 Å². The maximum Gasteiger partial charge on any atom is 0.290 e. The van der Waals surface area contributed by atoms with Crippen molar-refractivity contribution < 1.29 is 9.32 Å². The molecule has 0 fully saturated rings. The molecule has 0 spiro atoms. The number of hydrogen-bond acceptors (Lipinski definition) is 4. The number of benzene rings is 2. The number of hydrogen-bond donors (Lipinski definition) is 1. The van der Waals surface area contributed by atoms with Crippen LogP contribution in [0.5, 0.6) is 0 Å². The van der Waals surface area contributed by atoms with Crippen molar-refractivity contribution in [2.45, 2.75) is 26.9 Å². The summed E-state index contributed by atoms with van der Waals surface area (Å²) in [6.07, 6.45) is 0. The number of nitrogens with one attached hydrogen (secondary N) is 1. The second kappa shape index (κ2) is 8.55. The average molecular weight is 421 g/mol. The number of amides is 1. The van der Waals surface area contributed by atoms with Gasteiger partial charge in [0, 0.05) is 23.9 Å². The van der Waals surface area contributed by atoms with Crippen LogP contribution < -0.4 is 5.32 Å². The molecule has 4 rings (SSSR count). The molecule has 0 atom stereocenters. The lowest BCUT2D eigenvalue weighted by Crippen LogP contribution is -2.22. The summed E-state index contributed by atoms with van der Waals surface area (Å²) in [6.45, 7) is 5.09. The first-order valence-electron chi connectivity index (χ1n) is 9.58. The highest BCUT2D eigenvalue weighted by atomic mass is 35.5. The molecule has 30 heavy (non-hydrogen) atoms. The van der Waals surface area contributed by atoms with Gasteiger partial charge in [-0.3, -0.25) is 9.48 Å². The standard InChI is InChI=1S/C23H21ClN4O2/c1-15-10-16(2)28(26-15)14-18-7-5-6-17(11-18)13-25-23(29)22-12-21(27-30-22)19-8-3-4-9-20(19)24/h3-12H,13-14H2,1-2H3,(H,25,29). The van der Waals surface area contributed by atoms with Crippen LogP contribution in [0.1, 0.15) is 33.1 Å². The van der Waals surface area contributed by atoms with Crippen LogP contribution in [0.15, 0.2) is 65.2 Å². The van der Waals surface area contributed by atoms with Crippen LogP contribution in [0.2, 0.25) is 5.02 Å². The highest BCUT2D eigenvalue weighted by Crippen LogP contribution is 2.27. The lowest BCUT2D eigenvalue weighted by atomic mass is 10.1. The van der Waals surface area contributed by atoms with E-state index >= 15 is 0 Å². The fourth-order valence-electron chi connectivity index (χ4n) is 3.29. The number of carbonyl (C=O) groups is 1. The maximum absolute atomic E-state index is 12.5. The first kappa shape index (κ1) is 19.9. The van der Waals surface area contributed by atoms with Crippen LogP contribution >= 0.6 is 11.6 Å². The van der Waals surface area contributed by atoms with E-state index in [-0.39, 0.29) is 11.7 Å². The summed E-state index contributed by atoms with van der Waals surface area (Å²) in [5.41, 5.74) is 5.48. The molecule has 2 heterocycles. The van der Waals surface area contributed by atoms with E-state index in [2.05, 4.69) is 27.7 Å². The van der Waals surface area contributed by atoms with E-state index in [4.69, 9.17) is 16.1 Å². The third kappa shape index (κ3) is 4.44. The SMILES string of the molecule is Cc1cc(C)n(Cc2cccc(CNC(=O)c3cc(-c4ccccc4Cl)no3)c2)n1. The Kier molecular flexibility index (Phi) is 5.68. The van der Waals surface area contributed by atoms with Gasteiger partial charge in [-0.05, 0) is 37.1 Å². The van der Waals surface area contributed by atoms with E-state index in [1.807, 2.05) is 54.9 Å². The predicted molar refractivity (Wildman–Crippen MR) is 115 cm³/mol. The van der Waals surface area contributed by atoms with Gasteiger partial charge in [-0.2, -0.15) is 5.10 Å². The molecule has 2 aromatic carbocycles. The summed E-state index contributed by atoms with van der Waals surface area (Å²) in [5, 5.41) is 11.9. The average Bonchev–Trinajstić information content (AvgIpc) is 3.33. The van der Waals surface area contributed by atoms with E-state index in [1.54, 1.807) is 12.1 Å². The summed E-state index contributed by atoms with van der Waals surface area (Å²) < 4.78 is 7.18. The van der Waals surface area contributed by atoms with Crippen LogP contribution in [0.4, 0.5) is 0 Å². The normalized spacial score (nSPS) is 10.9. The van der Waals surface area contributed by atoms with Crippen LogP contribution in [-0.4, -0.2) is 20.8 Å². The van der Waals surface area contributed by atoms with Gasteiger partial charge < -0.3 is 9.84 Å². The minimum atomic E-state index is -0.329. The molecule has 7 heteroatoms. The molecule has 0 aliphatic heterocycles. The largest absolute Gasteiger partial charge is 0.350 e. The summed E-state index contributed by atoms with van der Waals surface area (Å²) in [5.74, 6) is -0.187. The van der Waals surface area contributed by atoms with E-state index in [0.29, 0.717) is 23.8 Å². The van der Waals surface area contributed by atoms with Crippen molar-refractivity contribution in [3.05, 3.63) is 94.0 Å². The zero-order chi connectivity index (χ0) is 21.1. The van der Waals surface area contributed by atoms with E-state index in [9.17, 15) is 4.79 Å². The minimum absolute atomic E-state index is 0.142. The monoisotopic (exact) mass is 420 g/mol. The van der Waals surface area contributed by atoms with Gasteiger partial charge in [-0.1, -0.05) is 59.2 Å². The fraction of sp³-hybridized carbons (Fsp3) is 0.174. The molecule has 0 aliphatic rings. The molecule has 0 aliphatic carbocycles. The van der Waals surface area contributed by atoms with Gasteiger partial charge in [-0.25, -0.2) is 0 Å². The predicted octanol–water partition coefficient (Wildman–Crippen LogP) is 4.79. The van der Waals surface area contributed by atoms with Crippen LogP contribution in [-0.2, 0) is 13.1 Å². The van der Waals surface area contributed by atoms with Crippen molar-refractivity contribution >= 4 is 17.5 Å². The first-order valence-corrected chi connectivity index (χ1v) is 9.96. The molecule has 4 aromatic rings. The zero-order valence-electron chi connectivity index (χ0n) is 16.7. The van der Waals surface area contributed by atoms with Crippen molar-refractivity contribution in [3.8, 4) is 11.3 Å². The Bertz CT molecular complexity index is 1200. The van der Waals surface area contributed by atoms with Gasteiger partial charge in [0.25, 0.3) is 5.91 Å². The highest BCUT2D eigenvalue weighted by Gasteiger charge is 2.15. The Labute approximate surface area is 179 Å². The Morgan fingerprint density at radius 3 is 2.63 bits per heavy atom. The van der Waals surface area contributed by atoms with Crippen LogP contribution in [0.3, 0.4) is 0 Å². The second-order valence-electron chi connectivity index (χ2n) is 7.14. The highest BCUT2D eigenvalue weighted by molar-refractivity contribution is 6.33. The van der Waals surface area contributed by atoms with Gasteiger partial charge in [0.15, 0.2) is 0 Å². The minimum Gasteiger partial charge on any atom is -0.350 e. The molecular formula is C23H21ClN4O2. The Balaban J connectivity index is 1.41. The smallest absolute Gasteiger partial charge is 0.290 e. The number of halogens is 1. The molecule has 0 unspecified atom stereocenters. The second-order valence-corrected chi connectivity index (χ2v) is 7.55. The van der Waals surface area contributed by atoms with E-state index in [0.717, 1.165) is 28.1 Å². The molecule has 1 N–H and O–H groups in total. The van der Waals surface area contributed by atoms with Crippen molar-refractivity contribution in [1.29, 1.82) is 0 Å². The lowest BCUT2D eigenvalue weighted by Gasteiger charge is -2.08. The van der Waals surface area contributed by atoms with Crippen molar-refractivity contribution in [2.75, 3.05) is 0 Å². The number of aromatic nitrogens is 3. The van der Waals surface area contributed by atoms with Gasteiger partial charge in [0.1, 0.15) is 5.69 Å². The van der Waals surface area contributed by atoms with Gasteiger partial charge in [-0.15, -0.1) is 0 Å². The topological polar surface area (TPSA) is 73.0 Å². The summed E-state index contributed by atoms with van der Waals surface area (Å²) in [6, 6.07) is 19.0. The summed E-state index contributed by atoms with van der Waals surface area (Å²) >= 11 is 6.18. The lowest BCUT2D eigenvalue weighted by molar-refractivity contribution is 0.0914. The van der Waals surface area contributed by atoms with Crippen LogP contribution in [0, 0.1) is 13.8 Å².